The Hall–Kier alpha value is -2.21. The Bertz CT molecular complexity index is 923. The van der Waals surface area contributed by atoms with E-state index in [4.69, 9.17) is 4.52 Å². The van der Waals surface area contributed by atoms with E-state index in [1.165, 1.54) is 24.8 Å². The van der Waals surface area contributed by atoms with Crippen LogP contribution in [0.3, 0.4) is 0 Å². The molecule has 2 aromatic rings. The highest BCUT2D eigenvalue weighted by atomic mass is 16.5. The third kappa shape index (κ3) is 3.59. The standard InChI is InChI=1S/C25H32N4O2/c1-17-2-4-21(5-3-17)23-26-22(27-31-23)16-28-6-8-29(9-7-28)24(30)25-13-18-10-19(14-25)12-20(11-18)15-25/h2-5,18-20H,6-16H2,1H3. The molecular weight excluding hydrogens is 388 g/mol. The van der Waals surface area contributed by atoms with Crippen LogP contribution in [0.1, 0.15) is 49.9 Å². The number of nitrogens with zero attached hydrogens (tertiary/aromatic N) is 4. The number of hydrogen-bond acceptors (Lipinski definition) is 5. The van der Waals surface area contributed by atoms with Crippen molar-refractivity contribution in [3.05, 3.63) is 35.7 Å². The van der Waals surface area contributed by atoms with Gasteiger partial charge < -0.3 is 9.42 Å². The number of hydrogen-bond donors (Lipinski definition) is 0. The zero-order valence-electron chi connectivity index (χ0n) is 18.4. The molecular formula is C25H32N4O2. The van der Waals surface area contributed by atoms with Crippen molar-refractivity contribution in [1.29, 1.82) is 0 Å². The largest absolute Gasteiger partial charge is 0.340 e. The van der Waals surface area contributed by atoms with Crippen LogP contribution in [0.4, 0.5) is 0 Å². The summed E-state index contributed by atoms with van der Waals surface area (Å²) in [5, 5.41) is 4.18. The lowest BCUT2D eigenvalue weighted by atomic mass is 9.49. The van der Waals surface area contributed by atoms with Gasteiger partial charge in [0, 0.05) is 31.7 Å². The van der Waals surface area contributed by atoms with Gasteiger partial charge in [0.05, 0.1) is 12.0 Å². The minimum absolute atomic E-state index is 0.0203. The van der Waals surface area contributed by atoms with E-state index in [1.54, 1.807) is 0 Å². The molecule has 7 rings (SSSR count). The smallest absolute Gasteiger partial charge is 0.257 e. The first-order valence-electron chi connectivity index (χ1n) is 12.0. The molecule has 0 radical (unpaired) electrons. The summed E-state index contributed by atoms with van der Waals surface area (Å²) in [6.45, 7) is 6.15. The molecule has 0 spiro atoms. The Morgan fingerprint density at radius 2 is 1.61 bits per heavy atom. The minimum atomic E-state index is -0.0203. The lowest BCUT2D eigenvalue weighted by Gasteiger charge is -2.57. The Morgan fingerprint density at radius 3 is 2.23 bits per heavy atom. The second-order valence-corrected chi connectivity index (χ2v) is 10.6. The molecule has 0 N–H and O–H groups in total. The van der Waals surface area contributed by atoms with Gasteiger partial charge in [0.2, 0.25) is 5.91 Å². The zero-order chi connectivity index (χ0) is 21.0. The van der Waals surface area contributed by atoms with Gasteiger partial charge in [-0.25, -0.2) is 0 Å². The fourth-order valence-corrected chi connectivity index (χ4v) is 7.15. The second-order valence-electron chi connectivity index (χ2n) is 10.6. The Balaban J connectivity index is 1.06. The highest BCUT2D eigenvalue weighted by Gasteiger charge is 2.55. The SMILES string of the molecule is Cc1ccc(-c2nc(CN3CCN(C(=O)C45CC6CC(CC(C6)C4)C5)CC3)no2)cc1. The summed E-state index contributed by atoms with van der Waals surface area (Å²) in [6, 6.07) is 8.14. The molecule has 5 fully saturated rings. The van der Waals surface area contributed by atoms with E-state index in [-0.39, 0.29) is 5.41 Å². The predicted octanol–water partition coefficient (Wildman–Crippen LogP) is 3.91. The molecule has 31 heavy (non-hydrogen) atoms. The third-order valence-electron chi connectivity index (χ3n) is 8.28. The lowest BCUT2D eigenvalue weighted by Crippen LogP contribution is -2.58. The topological polar surface area (TPSA) is 62.5 Å². The highest BCUT2D eigenvalue weighted by molar-refractivity contribution is 5.83. The Kier molecular flexibility index (Phi) is 4.67. The predicted molar refractivity (Wildman–Crippen MR) is 117 cm³/mol. The number of carbonyl (C=O) groups excluding carboxylic acids is 1. The minimum Gasteiger partial charge on any atom is -0.340 e. The Labute approximate surface area is 184 Å². The van der Waals surface area contributed by atoms with Gasteiger partial charge in [0.1, 0.15) is 0 Å². The molecule has 5 aliphatic rings. The fourth-order valence-electron chi connectivity index (χ4n) is 7.15. The number of benzene rings is 1. The summed E-state index contributed by atoms with van der Waals surface area (Å²) in [5.41, 5.74) is 2.15. The number of carbonyl (C=O) groups is 1. The van der Waals surface area contributed by atoms with Crippen molar-refractivity contribution in [2.24, 2.45) is 23.2 Å². The van der Waals surface area contributed by atoms with Crippen molar-refractivity contribution in [3.63, 3.8) is 0 Å². The van der Waals surface area contributed by atoms with E-state index in [0.29, 0.717) is 18.3 Å². The summed E-state index contributed by atoms with van der Waals surface area (Å²) in [5.74, 6) is 4.21. The zero-order valence-corrected chi connectivity index (χ0v) is 18.4. The van der Waals surface area contributed by atoms with E-state index < -0.39 is 0 Å². The van der Waals surface area contributed by atoms with Crippen molar-refractivity contribution < 1.29 is 9.32 Å². The van der Waals surface area contributed by atoms with Gasteiger partial charge in [0.15, 0.2) is 5.82 Å². The van der Waals surface area contributed by atoms with E-state index >= 15 is 0 Å². The first-order chi connectivity index (χ1) is 15.1. The van der Waals surface area contributed by atoms with E-state index in [2.05, 4.69) is 39.0 Å². The van der Waals surface area contributed by atoms with E-state index in [9.17, 15) is 4.79 Å². The van der Waals surface area contributed by atoms with Crippen LogP contribution < -0.4 is 0 Å². The third-order valence-corrected chi connectivity index (χ3v) is 8.28. The van der Waals surface area contributed by atoms with Crippen LogP contribution in [0.5, 0.6) is 0 Å². The average Bonchev–Trinajstić information content (AvgIpc) is 3.22. The lowest BCUT2D eigenvalue weighted by molar-refractivity contribution is -0.159. The quantitative estimate of drug-likeness (QED) is 0.751. The molecule has 4 bridgehead atoms. The summed E-state index contributed by atoms with van der Waals surface area (Å²) in [6.07, 6.45) is 7.62. The van der Waals surface area contributed by atoms with Gasteiger partial charge >= 0.3 is 0 Å². The van der Waals surface area contributed by atoms with Crippen LogP contribution in [0, 0.1) is 30.1 Å². The molecule has 1 amide bonds. The van der Waals surface area contributed by atoms with Crippen LogP contribution in [-0.2, 0) is 11.3 Å². The van der Waals surface area contributed by atoms with Crippen LogP contribution in [0.2, 0.25) is 0 Å². The Morgan fingerprint density at radius 1 is 1.00 bits per heavy atom. The van der Waals surface area contributed by atoms with Gasteiger partial charge in [-0.2, -0.15) is 4.98 Å². The first kappa shape index (κ1) is 19.5. The maximum absolute atomic E-state index is 13.6. The summed E-state index contributed by atoms with van der Waals surface area (Å²) in [4.78, 5) is 22.7. The van der Waals surface area contributed by atoms with Gasteiger partial charge in [-0.05, 0) is 75.3 Å². The molecule has 0 unspecified atom stereocenters. The molecule has 1 aromatic heterocycles. The summed E-state index contributed by atoms with van der Waals surface area (Å²) < 4.78 is 5.48. The normalized spacial score (nSPS) is 32.5. The molecule has 164 valence electrons. The average molecular weight is 421 g/mol. The fraction of sp³-hybridized carbons (Fsp3) is 0.640. The van der Waals surface area contributed by atoms with Crippen LogP contribution in [0.15, 0.2) is 28.8 Å². The van der Waals surface area contributed by atoms with Crippen molar-refractivity contribution in [2.45, 2.75) is 52.0 Å². The molecule has 6 nitrogen and oxygen atoms in total. The number of amides is 1. The van der Waals surface area contributed by atoms with Gasteiger partial charge in [0.25, 0.3) is 5.89 Å². The summed E-state index contributed by atoms with van der Waals surface area (Å²) in [7, 11) is 0. The molecule has 6 heteroatoms. The van der Waals surface area contributed by atoms with Gasteiger partial charge in [-0.1, -0.05) is 22.9 Å². The van der Waals surface area contributed by atoms with Crippen LogP contribution in [-0.4, -0.2) is 52.0 Å². The molecule has 4 aliphatic carbocycles. The van der Waals surface area contributed by atoms with Crippen molar-refractivity contribution in [1.82, 2.24) is 19.9 Å². The highest BCUT2D eigenvalue weighted by Crippen LogP contribution is 2.60. The number of aryl methyl sites for hydroxylation is 1. The second kappa shape index (κ2) is 7.44. The van der Waals surface area contributed by atoms with Crippen molar-refractivity contribution in [3.8, 4) is 11.5 Å². The maximum atomic E-state index is 13.6. The van der Waals surface area contributed by atoms with E-state index in [0.717, 1.165) is 74.6 Å². The van der Waals surface area contributed by atoms with Crippen LogP contribution in [0.25, 0.3) is 11.5 Å². The molecule has 1 aliphatic heterocycles. The van der Waals surface area contributed by atoms with E-state index in [1.807, 2.05) is 12.1 Å². The molecule has 0 atom stereocenters. The number of piperazine rings is 1. The first-order valence-corrected chi connectivity index (χ1v) is 12.0. The maximum Gasteiger partial charge on any atom is 0.257 e. The molecule has 1 saturated heterocycles. The molecule has 4 saturated carbocycles. The van der Waals surface area contributed by atoms with Gasteiger partial charge in [-0.15, -0.1) is 0 Å². The molecule has 2 heterocycles. The number of rotatable bonds is 4. The van der Waals surface area contributed by atoms with Crippen LogP contribution >= 0.6 is 0 Å². The number of aromatic nitrogens is 2. The summed E-state index contributed by atoms with van der Waals surface area (Å²) >= 11 is 0. The van der Waals surface area contributed by atoms with Gasteiger partial charge in [-0.3, -0.25) is 9.69 Å². The van der Waals surface area contributed by atoms with Crippen molar-refractivity contribution in [2.75, 3.05) is 26.2 Å². The molecule has 1 aromatic carbocycles. The monoisotopic (exact) mass is 420 g/mol. The van der Waals surface area contributed by atoms with Crippen molar-refractivity contribution >= 4 is 5.91 Å².